The Labute approximate surface area is 164 Å². The van der Waals surface area contributed by atoms with Crippen LogP contribution in [0.3, 0.4) is 0 Å². The first-order valence-electron chi connectivity index (χ1n) is 8.61. The maximum Gasteiger partial charge on any atom is 0.261 e. The highest BCUT2D eigenvalue weighted by molar-refractivity contribution is 7.18. The average Bonchev–Trinajstić information content (AvgIpc) is 3.08. The van der Waals surface area contributed by atoms with E-state index < -0.39 is 5.91 Å². The molecule has 0 spiro atoms. The van der Waals surface area contributed by atoms with Gasteiger partial charge in [0.15, 0.2) is 0 Å². The van der Waals surface area contributed by atoms with Crippen molar-refractivity contribution in [3.8, 4) is 0 Å². The van der Waals surface area contributed by atoms with Crippen LogP contribution in [0.1, 0.15) is 15.2 Å². The van der Waals surface area contributed by atoms with E-state index in [2.05, 4.69) is 15.2 Å². The predicted octanol–water partition coefficient (Wildman–Crippen LogP) is 3.33. The molecule has 0 aliphatic carbocycles. The number of anilines is 1. The highest BCUT2D eigenvalue weighted by Gasteiger charge is 2.17. The van der Waals surface area contributed by atoms with Gasteiger partial charge in [0.25, 0.3) is 5.91 Å². The number of H-pyrrole nitrogens is 1. The molecule has 3 heterocycles. The lowest BCUT2D eigenvalue weighted by Gasteiger charge is -2.25. The fourth-order valence-electron chi connectivity index (χ4n) is 3.02. The monoisotopic (exact) mass is 403 g/mol. The number of fused-ring (bicyclic) bond motifs is 1. The maximum absolute atomic E-state index is 12.8. The molecule has 1 aromatic carbocycles. The second-order valence-electron chi connectivity index (χ2n) is 6.34. The van der Waals surface area contributed by atoms with Crippen LogP contribution < -0.4 is 10.7 Å². The molecule has 0 atom stereocenters. The number of thiophene rings is 1. The molecule has 8 heteroatoms. The Morgan fingerprint density at radius 1 is 1.26 bits per heavy atom. The second-order valence-corrected chi connectivity index (χ2v) is 7.91. The normalized spacial score (nSPS) is 15.1. The van der Waals surface area contributed by atoms with Crippen LogP contribution in [-0.2, 0) is 11.3 Å². The first-order chi connectivity index (χ1) is 13.1. The van der Waals surface area contributed by atoms with Crippen LogP contribution in [0.5, 0.6) is 0 Å². The zero-order valence-electron chi connectivity index (χ0n) is 14.5. The molecule has 1 saturated heterocycles. The number of rotatable bonds is 4. The second kappa shape index (κ2) is 7.82. The SMILES string of the molecule is O=C(Nc1ccc(Cl)cc1)c1c[nH]c2sc(CN3CCOCC3)cc2c1=O. The van der Waals surface area contributed by atoms with Crippen molar-refractivity contribution in [1.29, 1.82) is 0 Å². The van der Waals surface area contributed by atoms with E-state index in [1.807, 2.05) is 6.07 Å². The zero-order chi connectivity index (χ0) is 18.8. The van der Waals surface area contributed by atoms with E-state index in [0.29, 0.717) is 16.1 Å². The summed E-state index contributed by atoms with van der Waals surface area (Å²) >= 11 is 7.40. The number of aromatic nitrogens is 1. The molecule has 1 aliphatic heterocycles. The summed E-state index contributed by atoms with van der Waals surface area (Å²) in [5.74, 6) is -0.443. The van der Waals surface area contributed by atoms with Crippen molar-refractivity contribution in [2.75, 3.05) is 31.6 Å². The molecule has 4 rings (SSSR count). The molecule has 3 aromatic rings. The molecule has 140 valence electrons. The number of carbonyl (C=O) groups excluding carboxylic acids is 1. The smallest absolute Gasteiger partial charge is 0.261 e. The third-order valence-corrected chi connectivity index (χ3v) is 5.75. The molecule has 27 heavy (non-hydrogen) atoms. The quantitative estimate of drug-likeness (QED) is 0.700. The number of amides is 1. The van der Waals surface area contributed by atoms with Gasteiger partial charge in [-0.3, -0.25) is 14.5 Å². The van der Waals surface area contributed by atoms with Gasteiger partial charge in [-0.15, -0.1) is 11.3 Å². The zero-order valence-corrected chi connectivity index (χ0v) is 16.0. The first-order valence-corrected chi connectivity index (χ1v) is 9.81. The topological polar surface area (TPSA) is 74.4 Å². The van der Waals surface area contributed by atoms with Gasteiger partial charge in [0.1, 0.15) is 10.4 Å². The molecule has 0 saturated carbocycles. The van der Waals surface area contributed by atoms with E-state index in [-0.39, 0.29) is 11.0 Å². The molecule has 1 amide bonds. The Hall–Kier alpha value is -2.19. The number of nitrogens with one attached hydrogen (secondary N) is 2. The molecule has 0 radical (unpaired) electrons. The Kier molecular flexibility index (Phi) is 5.27. The van der Waals surface area contributed by atoms with Crippen molar-refractivity contribution < 1.29 is 9.53 Å². The standard InChI is InChI=1S/C19H18ClN3O3S/c20-12-1-3-13(4-2-12)22-18(25)16-10-21-19-15(17(16)24)9-14(27-19)11-23-5-7-26-8-6-23/h1-4,9-10H,5-8,11H2,(H,21,24)(H,22,25). The van der Waals surface area contributed by atoms with Crippen LogP contribution in [0.4, 0.5) is 5.69 Å². The Morgan fingerprint density at radius 3 is 2.74 bits per heavy atom. The number of nitrogens with zero attached hydrogens (tertiary/aromatic N) is 1. The minimum atomic E-state index is -0.443. The van der Waals surface area contributed by atoms with E-state index in [1.165, 1.54) is 6.20 Å². The van der Waals surface area contributed by atoms with E-state index >= 15 is 0 Å². The van der Waals surface area contributed by atoms with Gasteiger partial charge in [-0.05, 0) is 30.3 Å². The molecule has 2 aromatic heterocycles. The molecule has 0 unspecified atom stereocenters. The summed E-state index contributed by atoms with van der Waals surface area (Å²) in [6.45, 7) is 4.02. The van der Waals surface area contributed by atoms with Gasteiger partial charge < -0.3 is 15.0 Å². The fourth-order valence-corrected chi connectivity index (χ4v) is 4.22. The summed E-state index contributed by atoms with van der Waals surface area (Å²) in [5, 5.41) is 3.86. The molecular weight excluding hydrogens is 386 g/mol. The van der Waals surface area contributed by atoms with Crippen molar-refractivity contribution in [2.24, 2.45) is 0 Å². The number of pyridine rings is 1. The molecular formula is C19H18ClN3O3S. The summed E-state index contributed by atoms with van der Waals surface area (Å²) in [6.07, 6.45) is 1.48. The fraction of sp³-hybridized carbons (Fsp3) is 0.263. The van der Waals surface area contributed by atoms with Crippen LogP contribution in [0, 0.1) is 0 Å². The average molecular weight is 404 g/mol. The molecule has 2 N–H and O–H groups in total. The van der Waals surface area contributed by atoms with Crippen molar-refractivity contribution in [2.45, 2.75) is 6.54 Å². The molecule has 0 bridgehead atoms. The Bertz CT molecular complexity index is 1020. The van der Waals surface area contributed by atoms with Crippen LogP contribution in [0.25, 0.3) is 10.2 Å². The van der Waals surface area contributed by atoms with Gasteiger partial charge in [0.05, 0.1) is 18.6 Å². The number of aromatic amines is 1. The lowest BCUT2D eigenvalue weighted by molar-refractivity contribution is 0.0346. The largest absolute Gasteiger partial charge is 0.379 e. The van der Waals surface area contributed by atoms with Crippen molar-refractivity contribution in [3.63, 3.8) is 0 Å². The summed E-state index contributed by atoms with van der Waals surface area (Å²) in [6, 6.07) is 8.63. The van der Waals surface area contributed by atoms with Gasteiger partial charge in [-0.25, -0.2) is 0 Å². The summed E-state index contributed by atoms with van der Waals surface area (Å²) in [7, 11) is 0. The minimum Gasteiger partial charge on any atom is -0.379 e. The number of halogens is 1. The van der Waals surface area contributed by atoms with Gasteiger partial charge in [-0.2, -0.15) is 0 Å². The summed E-state index contributed by atoms with van der Waals surface area (Å²) in [5.41, 5.74) is 0.412. The third-order valence-electron chi connectivity index (χ3n) is 4.45. The van der Waals surface area contributed by atoms with E-state index in [1.54, 1.807) is 35.6 Å². The van der Waals surface area contributed by atoms with Crippen LogP contribution >= 0.6 is 22.9 Å². The van der Waals surface area contributed by atoms with Crippen LogP contribution in [-0.4, -0.2) is 42.1 Å². The number of hydrogen-bond acceptors (Lipinski definition) is 5. The first kappa shape index (κ1) is 18.2. The number of ether oxygens (including phenoxy) is 1. The molecule has 1 fully saturated rings. The number of carbonyl (C=O) groups is 1. The number of hydrogen-bond donors (Lipinski definition) is 2. The lowest BCUT2D eigenvalue weighted by Crippen LogP contribution is -2.35. The van der Waals surface area contributed by atoms with Gasteiger partial charge >= 0.3 is 0 Å². The van der Waals surface area contributed by atoms with E-state index in [4.69, 9.17) is 16.3 Å². The van der Waals surface area contributed by atoms with Gasteiger partial charge in [0, 0.05) is 41.4 Å². The van der Waals surface area contributed by atoms with E-state index in [0.717, 1.165) is 42.6 Å². The van der Waals surface area contributed by atoms with Crippen LogP contribution in [0.15, 0.2) is 41.3 Å². The predicted molar refractivity (Wildman–Crippen MR) is 108 cm³/mol. The third kappa shape index (κ3) is 4.06. The van der Waals surface area contributed by atoms with Crippen LogP contribution in [0.2, 0.25) is 5.02 Å². The summed E-state index contributed by atoms with van der Waals surface area (Å²) in [4.78, 5) is 32.6. The lowest BCUT2D eigenvalue weighted by atomic mass is 10.2. The molecule has 1 aliphatic rings. The minimum absolute atomic E-state index is 0.0909. The highest BCUT2D eigenvalue weighted by Crippen LogP contribution is 2.23. The Balaban J connectivity index is 1.56. The summed E-state index contributed by atoms with van der Waals surface area (Å²) < 4.78 is 5.37. The Morgan fingerprint density at radius 2 is 2.00 bits per heavy atom. The van der Waals surface area contributed by atoms with Crippen molar-refractivity contribution in [3.05, 3.63) is 62.2 Å². The van der Waals surface area contributed by atoms with Gasteiger partial charge in [0.2, 0.25) is 5.43 Å². The number of benzene rings is 1. The van der Waals surface area contributed by atoms with Crippen molar-refractivity contribution in [1.82, 2.24) is 9.88 Å². The molecule has 6 nitrogen and oxygen atoms in total. The van der Waals surface area contributed by atoms with Crippen molar-refractivity contribution >= 4 is 44.7 Å². The van der Waals surface area contributed by atoms with Gasteiger partial charge in [-0.1, -0.05) is 11.6 Å². The van der Waals surface area contributed by atoms with E-state index in [9.17, 15) is 9.59 Å². The highest BCUT2D eigenvalue weighted by atomic mass is 35.5. The number of morpholine rings is 1. The maximum atomic E-state index is 12.8.